The molecule has 1 aliphatic carbocycles. The van der Waals surface area contributed by atoms with Crippen molar-refractivity contribution in [3.63, 3.8) is 0 Å². The highest BCUT2D eigenvalue weighted by molar-refractivity contribution is 7.98. The van der Waals surface area contributed by atoms with Crippen LogP contribution in [0.15, 0.2) is 53.2 Å². The fourth-order valence-corrected chi connectivity index (χ4v) is 5.12. The number of carboxylic acid groups (broad SMARTS) is 1. The minimum Gasteiger partial charge on any atom is -0.480 e. The summed E-state index contributed by atoms with van der Waals surface area (Å²) in [4.78, 5) is 24.0. The first kappa shape index (κ1) is 22.0. The molecule has 0 spiro atoms. The highest BCUT2D eigenvalue weighted by Gasteiger charge is 2.28. The highest BCUT2D eigenvalue weighted by atomic mass is 32.2. The number of rotatable bonds is 9. The van der Waals surface area contributed by atoms with Gasteiger partial charge >= 0.3 is 5.97 Å². The van der Waals surface area contributed by atoms with Gasteiger partial charge in [0.25, 0.3) is 0 Å². The zero-order valence-electron chi connectivity index (χ0n) is 18.2. The quantitative estimate of drug-likeness (QED) is 0.587. The van der Waals surface area contributed by atoms with Gasteiger partial charge < -0.3 is 5.11 Å². The summed E-state index contributed by atoms with van der Waals surface area (Å²) in [7, 11) is 0. The van der Waals surface area contributed by atoms with Crippen LogP contribution in [-0.4, -0.2) is 51.3 Å². The second-order valence-electron chi connectivity index (χ2n) is 8.51. The summed E-state index contributed by atoms with van der Waals surface area (Å²) in [5.74, 6) is 0.642. The molecule has 2 aromatic rings. The third-order valence-corrected chi connectivity index (χ3v) is 6.98. The van der Waals surface area contributed by atoms with Gasteiger partial charge in [-0.15, -0.1) is 0 Å². The Morgan fingerprint density at radius 1 is 1.23 bits per heavy atom. The molecule has 5 nitrogen and oxygen atoms in total. The van der Waals surface area contributed by atoms with Crippen LogP contribution >= 0.6 is 11.8 Å². The minimum atomic E-state index is -0.769. The predicted molar refractivity (Wildman–Crippen MR) is 129 cm³/mol. The van der Waals surface area contributed by atoms with Crippen LogP contribution in [0.2, 0.25) is 0 Å². The van der Waals surface area contributed by atoms with Crippen LogP contribution in [0.5, 0.6) is 0 Å². The van der Waals surface area contributed by atoms with Crippen molar-refractivity contribution in [2.75, 3.05) is 18.6 Å². The predicted octanol–water partition coefficient (Wildman–Crippen LogP) is 5.16. The van der Waals surface area contributed by atoms with Crippen molar-refractivity contribution < 1.29 is 9.90 Å². The van der Waals surface area contributed by atoms with Gasteiger partial charge in [0.2, 0.25) is 0 Å². The molecule has 0 amide bonds. The van der Waals surface area contributed by atoms with Crippen molar-refractivity contribution >= 4 is 34.3 Å². The first-order valence-corrected chi connectivity index (χ1v) is 12.6. The molecule has 6 heteroatoms. The Hall–Kier alpha value is -2.18. The van der Waals surface area contributed by atoms with Crippen molar-refractivity contribution in [3.8, 4) is 0 Å². The average molecular weight is 438 g/mol. The number of nitrogens with zero attached hydrogens (tertiary/aromatic N) is 3. The number of fused-ring (bicyclic) bond motifs is 2. The van der Waals surface area contributed by atoms with Crippen LogP contribution in [0.1, 0.15) is 44.2 Å². The van der Waals surface area contributed by atoms with Crippen LogP contribution in [-0.2, 0) is 11.3 Å². The van der Waals surface area contributed by atoms with Crippen molar-refractivity contribution in [1.82, 2.24) is 9.88 Å². The second-order valence-corrected chi connectivity index (χ2v) is 9.50. The zero-order chi connectivity index (χ0) is 21.6. The van der Waals surface area contributed by atoms with Gasteiger partial charge in [0, 0.05) is 30.1 Å². The molecule has 31 heavy (non-hydrogen) atoms. The van der Waals surface area contributed by atoms with Crippen LogP contribution in [0.3, 0.4) is 0 Å². The van der Waals surface area contributed by atoms with Gasteiger partial charge in [-0.2, -0.15) is 11.8 Å². The Bertz CT molecular complexity index is 988. The molecule has 0 bridgehead atoms. The number of aliphatic imine (C=N–C) groups is 1. The van der Waals surface area contributed by atoms with E-state index in [0.717, 1.165) is 40.9 Å². The molecule has 0 saturated heterocycles. The van der Waals surface area contributed by atoms with Gasteiger partial charge in [-0.1, -0.05) is 36.8 Å². The fourth-order valence-electron chi connectivity index (χ4n) is 4.66. The highest BCUT2D eigenvalue weighted by Crippen LogP contribution is 2.30. The molecule has 164 valence electrons. The van der Waals surface area contributed by atoms with E-state index in [4.69, 9.17) is 9.98 Å². The van der Waals surface area contributed by atoms with Crippen molar-refractivity contribution in [2.24, 2.45) is 10.9 Å². The first-order valence-electron chi connectivity index (χ1n) is 11.2. The molecule has 0 unspecified atom stereocenters. The van der Waals surface area contributed by atoms with Gasteiger partial charge in [0.15, 0.2) is 0 Å². The molecule has 1 aromatic heterocycles. The number of pyridine rings is 1. The molecule has 1 aromatic carbocycles. The zero-order valence-corrected chi connectivity index (χ0v) is 19.0. The van der Waals surface area contributed by atoms with Gasteiger partial charge in [0.05, 0.1) is 16.9 Å². The van der Waals surface area contributed by atoms with Crippen molar-refractivity contribution in [1.29, 1.82) is 0 Å². The summed E-state index contributed by atoms with van der Waals surface area (Å²) in [6, 6.07) is 11.6. The number of carbonyl (C=O) groups is 1. The maximum absolute atomic E-state index is 12.2. The normalized spacial score (nSPS) is 19.6. The van der Waals surface area contributed by atoms with E-state index >= 15 is 0 Å². The largest absolute Gasteiger partial charge is 0.480 e. The third kappa shape index (κ3) is 5.55. The molecular weight excluding hydrogens is 406 g/mol. The van der Waals surface area contributed by atoms with Crippen molar-refractivity contribution in [2.45, 2.75) is 51.1 Å². The first-order chi connectivity index (χ1) is 15.1. The van der Waals surface area contributed by atoms with Crippen LogP contribution in [0, 0.1) is 5.92 Å². The van der Waals surface area contributed by atoms with Crippen LogP contribution < -0.4 is 0 Å². The van der Waals surface area contributed by atoms with Gasteiger partial charge in [-0.05, 0) is 56.2 Å². The number of hydrogen-bond donors (Lipinski definition) is 1. The summed E-state index contributed by atoms with van der Waals surface area (Å²) in [5, 5.41) is 11.1. The fraction of sp³-hybridized carbons (Fsp3) is 0.480. The Balaban J connectivity index is 1.58. The molecule has 2 aliphatic rings. The molecule has 2 heterocycles. The second kappa shape index (κ2) is 10.4. The van der Waals surface area contributed by atoms with E-state index in [1.54, 1.807) is 11.8 Å². The summed E-state index contributed by atoms with van der Waals surface area (Å²) >= 11 is 1.69. The molecule has 2 atom stereocenters. The molecule has 4 rings (SSSR count). The number of thioether (sulfide) groups is 1. The number of carboxylic acids is 1. The summed E-state index contributed by atoms with van der Waals surface area (Å²) in [6.45, 7) is 1.05. The maximum atomic E-state index is 12.2. The topological polar surface area (TPSA) is 65.8 Å². The molecule has 1 saturated carbocycles. The van der Waals surface area contributed by atoms with Crippen molar-refractivity contribution in [3.05, 3.63) is 53.9 Å². The Morgan fingerprint density at radius 3 is 2.94 bits per heavy atom. The van der Waals surface area contributed by atoms with E-state index in [0.29, 0.717) is 25.4 Å². The lowest BCUT2D eigenvalue weighted by atomic mass is 9.83. The molecule has 1 aliphatic heterocycles. The lowest BCUT2D eigenvalue weighted by Crippen LogP contribution is -2.42. The third-order valence-electron chi connectivity index (χ3n) is 6.34. The average Bonchev–Trinajstić information content (AvgIpc) is 2.79. The number of benzene rings is 1. The molecule has 0 radical (unpaired) electrons. The monoisotopic (exact) mass is 437 g/mol. The lowest BCUT2D eigenvalue weighted by molar-refractivity contribution is -0.143. The van der Waals surface area contributed by atoms with E-state index in [1.165, 1.54) is 25.0 Å². The van der Waals surface area contributed by atoms with Gasteiger partial charge in [-0.25, -0.2) is 0 Å². The number of allylic oxidation sites excluding steroid dienone is 1. The summed E-state index contributed by atoms with van der Waals surface area (Å²) in [5.41, 5.74) is 4.18. The van der Waals surface area contributed by atoms with E-state index < -0.39 is 12.0 Å². The number of hydrogen-bond acceptors (Lipinski definition) is 5. The SMILES string of the molecule is CSCC[C@@H](C(=O)O)N(CC1=CC[C@@H]2CCCCC2=N1)Cc1ccc2ccccc2n1. The summed E-state index contributed by atoms with van der Waals surface area (Å²) in [6.07, 6.45) is 10.7. The van der Waals surface area contributed by atoms with E-state index in [1.807, 2.05) is 36.6 Å². The lowest BCUT2D eigenvalue weighted by Gasteiger charge is -2.31. The molecular formula is C25H31N3O2S. The maximum Gasteiger partial charge on any atom is 0.320 e. The minimum absolute atomic E-state index is 0.502. The van der Waals surface area contributed by atoms with E-state index in [2.05, 4.69) is 17.0 Å². The van der Waals surface area contributed by atoms with Crippen LogP contribution in [0.25, 0.3) is 10.9 Å². The number of aliphatic carboxylic acids is 1. The molecule has 1 N–H and O–H groups in total. The Labute approximate surface area is 188 Å². The molecule has 1 fully saturated rings. The van der Waals surface area contributed by atoms with Crippen LogP contribution in [0.4, 0.5) is 0 Å². The number of para-hydroxylation sites is 1. The summed E-state index contributed by atoms with van der Waals surface area (Å²) < 4.78 is 0. The standard InChI is InChI=1S/C25H31N3O2S/c1-31-15-14-24(25(29)30)28(16-20-12-10-18-6-2-4-8-22(18)26-20)17-21-13-11-19-7-3-5-9-23(19)27-21/h2,4,6,8,10,12-13,19,24H,3,5,7,9,11,14-17H2,1H3,(H,29,30)/t19-,24-/m0/s1. The van der Waals surface area contributed by atoms with E-state index in [9.17, 15) is 9.90 Å². The van der Waals surface area contributed by atoms with Gasteiger partial charge in [0.1, 0.15) is 6.04 Å². The smallest absolute Gasteiger partial charge is 0.320 e. The Morgan fingerprint density at radius 2 is 2.10 bits per heavy atom. The Kier molecular flexibility index (Phi) is 7.41. The van der Waals surface area contributed by atoms with E-state index in [-0.39, 0.29) is 0 Å². The van der Waals surface area contributed by atoms with Gasteiger partial charge in [-0.3, -0.25) is 19.7 Å². The number of aromatic nitrogens is 1.